The largest absolute Gasteiger partial charge is 0.386 e. The number of rotatable bonds is 0. The first-order valence-electron chi connectivity index (χ1n) is 3.26. The van der Waals surface area contributed by atoms with E-state index in [1.54, 1.807) is 13.0 Å². The Bertz CT molecular complexity index is 219. The van der Waals surface area contributed by atoms with Gasteiger partial charge in [0.1, 0.15) is 18.3 Å². The topological polar surface area (TPSA) is 49.8 Å². The fourth-order valence-corrected chi connectivity index (χ4v) is 1.25. The van der Waals surface area contributed by atoms with Crippen LogP contribution in [-0.2, 0) is 9.53 Å². The number of ether oxygens (including phenoxy) is 1. The van der Waals surface area contributed by atoms with Crippen LogP contribution in [0.25, 0.3) is 0 Å². The van der Waals surface area contributed by atoms with Crippen molar-refractivity contribution in [3.63, 3.8) is 0 Å². The molecule has 3 heteroatoms. The zero-order valence-corrected chi connectivity index (χ0v) is 5.57. The molecule has 0 bridgehead atoms. The van der Waals surface area contributed by atoms with Crippen LogP contribution in [0.1, 0.15) is 6.92 Å². The van der Waals surface area contributed by atoms with E-state index in [-0.39, 0.29) is 18.0 Å². The van der Waals surface area contributed by atoms with Crippen LogP contribution in [0.3, 0.4) is 0 Å². The van der Waals surface area contributed by atoms with Crippen LogP contribution in [-0.4, -0.2) is 29.2 Å². The maximum absolute atomic E-state index is 11.0. The number of carbonyl (C=O) groups is 1. The molecule has 1 fully saturated rings. The van der Waals surface area contributed by atoms with Crippen molar-refractivity contribution >= 4 is 5.78 Å². The molecule has 2 rings (SSSR count). The van der Waals surface area contributed by atoms with Gasteiger partial charge in [0.05, 0.1) is 0 Å². The lowest BCUT2D eigenvalue weighted by molar-refractivity contribution is -0.116. The summed E-state index contributed by atoms with van der Waals surface area (Å²) < 4.78 is 4.92. The molecule has 3 nitrogen and oxygen atoms in total. The summed E-state index contributed by atoms with van der Waals surface area (Å²) in [5.41, 5.74) is 0.617. The minimum Gasteiger partial charge on any atom is -0.386 e. The molecule has 2 aliphatic rings. The van der Waals surface area contributed by atoms with Gasteiger partial charge in [0.2, 0.25) is 0 Å². The van der Waals surface area contributed by atoms with Crippen LogP contribution >= 0.6 is 0 Å². The number of fused-ring (bicyclic) bond motifs is 1. The first kappa shape index (κ1) is 6.07. The summed E-state index contributed by atoms with van der Waals surface area (Å²) in [6.07, 6.45) is 0.412. The number of epoxide rings is 1. The third-order valence-corrected chi connectivity index (χ3v) is 1.93. The van der Waals surface area contributed by atoms with Crippen molar-refractivity contribution in [3.8, 4) is 0 Å². The number of ketones is 1. The summed E-state index contributed by atoms with van der Waals surface area (Å²) in [4.78, 5) is 11.0. The van der Waals surface area contributed by atoms with E-state index in [1.807, 2.05) is 0 Å². The number of carbonyl (C=O) groups excluding carboxylic acids is 1. The van der Waals surface area contributed by atoms with Gasteiger partial charge in [-0.2, -0.15) is 0 Å². The molecule has 1 N–H and O–H groups in total. The Kier molecular flexibility index (Phi) is 1.02. The van der Waals surface area contributed by atoms with Gasteiger partial charge in [-0.25, -0.2) is 0 Å². The Hall–Kier alpha value is -0.670. The highest BCUT2D eigenvalue weighted by Crippen LogP contribution is 2.33. The lowest BCUT2D eigenvalue weighted by Gasteiger charge is -2.07. The fourth-order valence-electron chi connectivity index (χ4n) is 1.25. The van der Waals surface area contributed by atoms with Crippen molar-refractivity contribution in [1.29, 1.82) is 0 Å². The molecule has 0 amide bonds. The Morgan fingerprint density at radius 1 is 1.70 bits per heavy atom. The first-order chi connectivity index (χ1) is 4.70. The van der Waals surface area contributed by atoms with E-state index < -0.39 is 6.10 Å². The van der Waals surface area contributed by atoms with Crippen LogP contribution in [0.5, 0.6) is 0 Å². The zero-order chi connectivity index (χ0) is 7.30. The SMILES string of the molecule is CC1=CC(O)[C@H]2O[C@H]2C1=O. The number of hydrogen-bond donors (Lipinski definition) is 1. The number of aliphatic hydroxyl groups is 1. The van der Waals surface area contributed by atoms with Crippen molar-refractivity contribution in [2.45, 2.75) is 25.2 Å². The molecule has 0 aromatic rings. The van der Waals surface area contributed by atoms with E-state index in [0.29, 0.717) is 5.57 Å². The molecule has 0 radical (unpaired) electrons. The minimum atomic E-state index is -0.567. The van der Waals surface area contributed by atoms with Gasteiger partial charge in [0.25, 0.3) is 0 Å². The molecule has 10 heavy (non-hydrogen) atoms. The average Bonchev–Trinajstić information content (AvgIpc) is 2.61. The van der Waals surface area contributed by atoms with Gasteiger partial charge in [-0.1, -0.05) is 0 Å². The molecule has 0 saturated carbocycles. The normalized spacial score (nSPS) is 44.4. The molecule has 0 aromatic carbocycles. The predicted octanol–water partition coefficient (Wildman–Crippen LogP) is -0.356. The van der Waals surface area contributed by atoms with Crippen molar-refractivity contribution in [2.24, 2.45) is 0 Å². The van der Waals surface area contributed by atoms with E-state index in [2.05, 4.69) is 0 Å². The van der Waals surface area contributed by atoms with Crippen LogP contribution in [0.2, 0.25) is 0 Å². The summed E-state index contributed by atoms with van der Waals surface area (Å²) in [5, 5.41) is 9.15. The van der Waals surface area contributed by atoms with E-state index >= 15 is 0 Å². The summed E-state index contributed by atoms with van der Waals surface area (Å²) in [7, 11) is 0. The van der Waals surface area contributed by atoms with Crippen molar-refractivity contribution in [2.75, 3.05) is 0 Å². The molecule has 3 atom stereocenters. The summed E-state index contributed by atoms with van der Waals surface area (Å²) in [6, 6.07) is 0. The second-order valence-corrected chi connectivity index (χ2v) is 2.73. The van der Waals surface area contributed by atoms with Crippen LogP contribution in [0, 0.1) is 0 Å². The Morgan fingerprint density at radius 3 is 3.10 bits per heavy atom. The molecule has 0 spiro atoms. The van der Waals surface area contributed by atoms with Gasteiger partial charge < -0.3 is 9.84 Å². The third kappa shape index (κ3) is 0.646. The van der Waals surface area contributed by atoms with Gasteiger partial charge >= 0.3 is 0 Å². The van der Waals surface area contributed by atoms with Crippen molar-refractivity contribution in [3.05, 3.63) is 11.6 Å². The smallest absolute Gasteiger partial charge is 0.189 e. The molecule has 1 aliphatic carbocycles. The van der Waals surface area contributed by atoms with E-state index in [0.717, 1.165) is 0 Å². The Morgan fingerprint density at radius 2 is 2.40 bits per heavy atom. The predicted molar refractivity (Wildman–Crippen MR) is 33.4 cm³/mol. The highest BCUT2D eigenvalue weighted by molar-refractivity contribution is 6.01. The van der Waals surface area contributed by atoms with Gasteiger partial charge in [-0.15, -0.1) is 0 Å². The second kappa shape index (κ2) is 1.68. The molecule has 1 unspecified atom stereocenters. The molecule has 1 heterocycles. The molecular weight excluding hydrogens is 132 g/mol. The van der Waals surface area contributed by atoms with Crippen LogP contribution < -0.4 is 0 Å². The highest BCUT2D eigenvalue weighted by Gasteiger charge is 2.51. The highest BCUT2D eigenvalue weighted by atomic mass is 16.6. The van der Waals surface area contributed by atoms with Crippen LogP contribution in [0.15, 0.2) is 11.6 Å². The van der Waals surface area contributed by atoms with Crippen molar-refractivity contribution in [1.82, 2.24) is 0 Å². The summed E-state index contributed by atoms with van der Waals surface area (Å²) >= 11 is 0. The zero-order valence-electron chi connectivity index (χ0n) is 5.57. The molecule has 1 saturated heterocycles. The first-order valence-corrected chi connectivity index (χ1v) is 3.26. The lowest BCUT2D eigenvalue weighted by atomic mass is 9.98. The van der Waals surface area contributed by atoms with E-state index in [9.17, 15) is 4.79 Å². The lowest BCUT2D eigenvalue weighted by Crippen LogP contribution is -2.25. The van der Waals surface area contributed by atoms with Crippen molar-refractivity contribution < 1.29 is 14.6 Å². The summed E-state index contributed by atoms with van der Waals surface area (Å²) in [6.45, 7) is 1.70. The second-order valence-electron chi connectivity index (χ2n) is 2.73. The van der Waals surface area contributed by atoms with E-state index in [4.69, 9.17) is 9.84 Å². The average molecular weight is 140 g/mol. The molecule has 1 aliphatic heterocycles. The maximum atomic E-state index is 11.0. The minimum absolute atomic E-state index is 0.0234. The summed E-state index contributed by atoms with van der Waals surface area (Å²) in [5.74, 6) is 0.0234. The fraction of sp³-hybridized carbons (Fsp3) is 0.571. The number of Topliss-reactive ketones (excluding diaryl/α,β-unsaturated/α-hetero) is 1. The monoisotopic (exact) mass is 140 g/mol. The maximum Gasteiger partial charge on any atom is 0.189 e. The van der Waals surface area contributed by atoms with Gasteiger partial charge in [0, 0.05) is 0 Å². The van der Waals surface area contributed by atoms with E-state index in [1.165, 1.54) is 0 Å². The number of aliphatic hydroxyl groups excluding tert-OH is 1. The van der Waals surface area contributed by atoms with Crippen LogP contribution in [0.4, 0.5) is 0 Å². The molecular formula is C7H8O3. The molecule has 0 aromatic heterocycles. The van der Waals surface area contributed by atoms with Gasteiger partial charge in [0.15, 0.2) is 5.78 Å². The Balaban J connectivity index is 2.30. The standard InChI is InChI=1S/C7H8O3/c1-3-2-4(8)6-7(10-6)5(3)9/h2,4,6-8H,1H3/t4?,6-,7+/m1/s1. The third-order valence-electron chi connectivity index (χ3n) is 1.93. The quantitative estimate of drug-likeness (QED) is 0.467. The molecule has 54 valence electrons. The number of hydrogen-bond acceptors (Lipinski definition) is 3. The Labute approximate surface area is 58.3 Å². The van der Waals surface area contributed by atoms with Gasteiger partial charge in [-0.3, -0.25) is 4.79 Å². The van der Waals surface area contributed by atoms with Gasteiger partial charge in [-0.05, 0) is 18.6 Å².